The largest absolute Gasteiger partial charge is 0.397 e. The Balaban J connectivity index is 1.71. The summed E-state index contributed by atoms with van der Waals surface area (Å²) >= 11 is 1.31. The molecule has 1 unspecified atom stereocenters. The quantitative estimate of drug-likeness (QED) is 0.694. The second-order valence-corrected chi connectivity index (χ2v) is 7.33. The van der Waals surface area contributed by atoms with Gasteiger partial charge in [0.05, 0.1) is 5.69 Å². The minimum atomic E-state index is -0.307. The SMILES string of the molecule is CC1CCc2nc3sc(C(=O)Nc4c[n+](C)no4)c(N)c3cc2C1. The highest BCUT2D eigenvalue weighted by Gasteiger charge is 2.23. The third kappa shape index (κ3) is 2.52. The van der Waals surface area contributed by atoms with E-state index in [9.17, 15) is 4.79 Å². The first-order valence-electron chi connectivity index (χ1n) is 7.86. The topological polar surface area (TPSA) is 97.9 Å². The first-order chi connectivity index (χ1) is 11.5. The van der Waals surface area contributed by atoms with E-state index >= 15 is 0 Å². The van der Waals surface area contributed by atoms with Gasteiger partial charge in [0.15, 0.2) is 12.3 Å². The second-order valence-electron chi connectivity index (χ2n) is 6.33. The van der Waals surface area contributed by atoms with E-state index in [2.05, 4.69) is 23.6 Å². The van der Waals surface area contributed by atoms with Gasteiger partial charge in [-0.1, -0.05) is 11.6 Å². The van der Waals surface area contributed by atoms with Crippen LogP contribution < -0.4 is 15.7 Å². The normalized spacial score (nSPS) is 17.0. The average Bonchev–Trinajstić information content (AvgIpc) is 3.09. The Morgan fingerprint density at radius 2 is 2.38 bits per heavy atom. The molecule has 0 aliphatic heterocycles. The molecule has 1 atom stereocenters. The molecule has 0 saturated heterocycles. The summed E-state index contributed by atoms with van der Waals surface area (Å²) in [6.45, 7) is 2.25. The van der Waals surface area contributed by atoms with Crippen molar-refractivity contribution in [3.63, 3.8) is 0 Å². The van der Waals surface area contributed by atoms with Crippen molar-refractivity contribution in [2.24, 2.45) is 13.0 Å². The van der Waals surface area contributed by atoms with Gasteiger partial charge < -0.3 is 5.73 Å². The number of carbonyl (C=O) groups excluding carboxylic acids is 1. The Kier molecular flexibility index (Phi) is 3.49. The number of aromatic nitrogens is 3. The Bertz CT molecular complexity index is 945. The summed E-state index contributed by atoms with van der Waals surface area (Å²) in [6.07, 6.45) is 4.74. The summed E-state index contributed by atoms with van der Waals surface area (Å²) in [4.78, 5) is 18.5. The molecule has 4 rings (SSSR count). The zero-order valence-corrected chi connectivity index (χ0v) is 14.3. The van der Waals surface area contributed by atoms with Crippen LogP contribution in [0.15, 0.2) is 16.8 Å². The number of thiophene rings is 1. The molecule has 3 heterocycles. The highest BCUT2D eigenvalue weighted by molar-refractivity contribution is 7.21. The smallest absolute Gasteiger partial charge is 0.302 e. The van der Waals surface area contributed by atoms with E-state index in [1.165, 1.54) is 21.6 Å². The van der Waals surface area contributed by atoms with E-state index in [0.717, 1.165) is 35.2 Å². The first kappa shape index (κ1) is 15.1. The lowest BCUT2D eigenvalue weighted by atomic mass is 9.87. The molecule has 124 valence electrons. The monoisotopic (exact) mass is 344 g/mol. The molecule has 0 saturated carbocycles. The molecule has 0 spiro atoms. The van der Waals surface area contributed by atoms with Crippen LogP contribution >= 0.6 is 11.3 Å². The molecular weight excluding hydrogens is 326 g/mol. The van der Waals surface area contributed by atoms with Crippen LogP contribution in [0.25, 0.3) is 10.2 Å². The average molecular weight is 344 g/mol. The summed E-state index contributed by atoms with van der Waals surface area (Å²) in [6, 6.07) is 2.10. The Labute approximate surface area is 142 Å². The van der Waals surface area contributed by atoms with Crippen molar-refractivity contribution in [3.8, 4) is 0 Å². The zero-order chi connectivity index (χ0) is 16.8. The van der Waals surface area contributed by atoms with Gasteiger partial charge in [-0.15, -0.1) is 11.3 Å². The molecule has 0 aromatic carbocycles. The molecule has 3 N–H and O–H groups in total. The summed E-state index contributed by atoms with van der Waals surface area (Å²) in [5.74, 6) is 0.630. The lowest BCUT2D eigenvalue weighted by Crippen LogP contribution is -2.28. The van der Waals surface area contributed by atoms with Crippen LogP contribution in [0.3, 0.4) is 0 Å². The highest BCUT2D eigenvalue weighted by Crippen LogP contribution is 2.36. The van der Waals surface area contributed by atoms with Crippen LogP contribution in [0.2, 0.25) is 0 Å². The number of amides is 1. The van der Waals surface area contributed by atoms with E-state index in [4.69, 9.17) is 15.2 Å². The third-order valence-corrected chi connectivity index (χ3v) is 5.46. The van der Waals surface area contributed by atoms with Gasteiger partial charge >= 0.3 is 5.88 Å². The second kappa shape index (κ2) is 5.55. The molecular formula is C16H18N5O2S+. The maximum Gasteiger partial charge on any atom is 0.302 e. The Morgan fingerprint density at radius 3 is 3.12 bits per heavy atom. The van der Waals surface area contributed by atoms with Gasteiger partial charge in [-0.2, -0.15) is 0 Å². The maximum atomic E-state index is 12.5. The number of hydrogen-bond donors (Lipinski definition) is 2. The Morgan fingerprint density at radius 1 is 1.54 bits per heavy atom. The van der Waals surface area contributed by atoms with Gasteiger partial charge in [-0.3, -0.25) is 14.6 Å². The summed E-state index contributed by atoms with van der Waals surface area (Å²) < 4.78 is 6.47. The number of carbonyl (C=O) groups is 1. The number of nitrogens with two attached hydrogens (primary N) is 1. The van der Waals surface area contributed by atoms with Crippen LogP contribution in [0.5, 0.6) is 0 Å². The van der Waals surface area contributed by atoms with Crippen molar-refractivity contribution in [1.82, 2.24) is 10.3 Å². The number of anilines is 2. The van der Waals surface area contributed by atoms with Gasteiger partial charge in [0.1, 0.15) is 9.71 Å². The lowest BCUT2D eigenvalue weighted by molar-refractivity contribution is -0.739. The molecule has 7 nitrogen and oxygen atoms in total. The third-order valence-electron chi connectivity index (χ3n) is 4.35. The van der Waals surface area contributed by atoms with Crippen LogP contribution in [-0.4, -0.2) is 16.2 Å². The fourth-order valence-corrected chi connectivity index (χ4v) is 4.08. The van der Waals surface area contributed by atoms with Gasteiger partial charge in [0, 0.05) is 11.1 Å². The molecule has 1 aliphatic rings. The van der Waals surface area contributed by atoms with E-state index < -0.39 is 0 Å². The van der Waals surface area contributed by atoms with Crippen LogP contribution in [0.4, 0.5) is 11.6 Å². The van der Waals surface area contributed by atoms with E-state index in [1.807, 2.05) is 0 Å². The summed E-state index contributed by atoms with van der Waals surface area (Å²) in [7, 11) is 1.71. The molecule has 3 aromatic heterocycles. The van der Waals surface area contributed by atoms with Crippen molar-refractivity contribution in [1.29, 1.82) is 0 Å². The lowest BCUT2D eigenvalue weighted by Gasteiger charge is -2.20. The van der Waals surface area contributed by atoms with Crippen molar-refractivity contribution >= 4 is 39.0 Å². The van der Waals surface area contributed by atoms with Gasteiger partial charge in [0.25, 0.3) is 12.1 Å². The highest BCUT2D eigenvalue weighted by atomic mass is 32.1. The van der Waals surface area contributed by atoms with Crippen LogP contribution in [0, 0.1) is 5.92 Å². The molecule has 1 amide bonds. The van der Waals surface area contributed by atoms with Gasteiger partial charge in [0.2, 0.25) is 0 Å². The number of fused-ring (bicyclic) bond motifs is 2. The molecule has 1 aliphatic carbocycles. The minimum Gasteiger partial charge on any atom is -0.397 e. The molecule has 0 bridgehead atoms. The maximum absolute atomic E-state index is 12.5. The van der Waals surface area contributed by atoms with Gasteiger partial charge in [-0.25, -0.2) is 4.98 Å². The van der Waals surface area contributed by atoms with E-state index in [0.29, 0.717) is 16.5 Å². The fourth-order valence-electron chi connectivity index (χ4n) is 3.09. The predicted octanol–water partition coefficient (Wildman–Crippen LogP) is 2.07. The number of aryl methyl sites for hydroxylation is 2. The Hall–Kier alpha value is -2.48. The molecule has 3 aromatic rings. The fraction of sp³-hybridized carbons (Fsp3) is 0.375. The van der Waals surface area contributed by atoms with Crippen molar-refractivity contribution in [3.05, 3.63) is 28.4 Å². The van der Waals surface area contributed by atoms with E-state index in [-0.39, 0.29) is 11.8 Å². The molecule has 0 radical (unpaired) electrons. The van der Waals surface area contributed by atoms with Crippen LogP contribution in [0.1, 0.15) is 34.3 Å². The number of nitrogen functional groups attached to an aromatic ring is 1. The molecule has 8 heteroatoms. The standard InChI is InChI=1S/C16H17N5O2S/c1-8-3-4-11-9(5-8)6-10-13(17)14(24-16(10)18-11)15(22)19-12-7-21(2)20-23-12/h6-8H,3-5H2,1-2H3,(H2-,17,19,20,22)/p+1. The molecule has 0 fully saturated rings. The predicted molar refractivity (Wildman–Crippen MR) is 90.9 cm³/mol. The molecule has 24 heavy (non-hydrogen) atoms. The van der Waals surface area contributed by atoms with Crippen molar-refractivity contribution in [2.45, 2.75) is 26.2 Å². The van der Waals surface area contributed by atoms with E-state index in [1.54, 1.807) is 13.2 Å². The van der Waals surface area contributed by atoms with Crippen molar-refractivity contribution in [2.75, 3.05) is 11.1 Å². The minimum absolute atomic E-state index is 0.278. The summed E-state index contributed by atoms with van der Waals surface area (Å²) in [5.41, 5.74) is 9.09. The first-order valence-corrected chi connectivity index (χ1v) is 8.67. The number of rotatable bonds is 2. The number of hydrogen-bond acceptors (Lipinski definition) is 6. The number of nitrogens with one attached hydrogen (secondary N) is 1. The van der Waals surface area contributed by atoms with Gasteiger partial charge in [-0.05, 0) is 36.8 Å². The van der Waals surface area contributed by atoms with Crippen LogP contribution in [-0.2, 0) is 19.9 Å². The zero-order valence-electron chi connectivity index (χ0n) is 13.5. The summed E-state index contributed by atoms with van der Waals surface area (Å²) in [5, 5.41) is 7.21. The number of pyridine rings is 1. The van der Waals surface area contributed by atoms with Crippen molar-refractivity contribution < 1.29 is 14.0 Å². The number of nitrogens with zero attached hydrogens (tertiary/aromatic N) is 3.